The molecular formula is C15H21N3O. The van der Waals surface area contributed by atoms with Crippen LogP contribution in [0.25, 0.3) is 10.9 Å². The lowest BCUT2D eigenvalue weighted by atomic mass is 10.1. The molecule has 0 radical (unpaired) electrons. The summed E-state index contributed by atoms with van der Waals surface area (Å²) in [7, 11) is 2.04. The van der Waals surface area contributed by atoms with Crippen molar-refractivity contribution in [3.05, 3.63) is 36.0 Å². The second-order valence-corrected chi connectivity index (χ2v) is 4.96. The molecule has 1 aromatic carbocycles. The van der Waals surface area contributed by atoms with E-state index in [1.807, 2.05) is 26.1 Å². The summed E-state index contributed by atoms with van der Waals surface area (Å²) in [5, 5.41) is 4.18. The number of nitrogens with two attached hydrogens (primary N) is 1. The number of carbonyl (C=O) groups is 1. The molecule has 1 amide bonds. The first-order valence-corrected chi connectivity index (χ1v) is 6.64. The molecule has 0 aliphatic carbocycles. The lowest BCUT2D eigenvalue weighted by molar-refractivity contribution is -0.124. The molecule has 0 bridgehead atoms. The van der Waals surface area contributed by atoms with Crippen molar-refractivity contribution in [2.24, 2.45) is 18.7 Å². The van der Waals surface area contributed by atoms with Gasteiger partial charge in [0.05, 0.1) is 0 Å². The van der Waals surface area contributed by atoms with E-state index in [0.717, 1.165) is 6.42 Å². The largest absolute Gasteiger partial charge is 0.355 e. The summed E-state index contributed by atoms with van der Waals surface area (Å²) in [4.78, 5) is 11.6. The lowest BCUT2D eigenvalue weighted by Crippen LogP contribution is -2.34. The van der Waals surface area contributed by atoms with Crippen molar-refractivity contribution in [2.75, 3.05) is 13.1 Å². The third kappa shape index (κ3) is 2.96. The molecule has 0 aliphatic rings. The van der Waals surface area contributed by atoms with Gasteiger partial charge in [-0.05, 0) is 18.1 Å². The van der Waals surface area contributed by atoms with E-state index < -0.39 is 0 Å². The fourth-order valence-corrected chi connectivity index (χ4v) is 2.23. The van der Waals surface area contributed by atoms with E-state index in [4.69, 9.17) is 5.73 Å². The number of aromatic nitrogens is 1. The average Bonchev–Trinajstić information content (AvgIpc) is 2.75. The van der Waals surface area contributed by atoms with Gasteiger partial charge < -0.3 is 15.6 Å². The van der Waals surface area contributed by atoms with Crippen molar-refractivity contribution in [1.82, 2.24) is 9.88 Å². The Balaban J connectivity index is 2.01. The molecule has 1 aromatic heterocycles. The summed E-state index contributed by atoms with van der Waals surface area (Å²) >= 11 is 0. The van der Waals surface area contributed by atoms with Crippen molar-refractivity contribution >= 4 is 16.8 Å². The zero-order valence-electron chi connectivity index (χ0n) is 11.5. The molecule has 4 heteroatoms. The summed E-state index contributed by atoms with van der Waals surface area (Å²) in [5.74, 6) is -0.0877. The molecule has 0 spiro atoms. The number of hydrogen-bond donors (Lipinski definition) is 2. The molecule has 4 nitrogen and oxygen atoms in total. The van der Waals surface area contributed by atoms with Crippen molar-refractivity contribution in [1.29, 1.82) is 0 Å². The number of benzene rings is 1. The number of para-hydroxylation sites is 1. The molecule has 2 aromatic rings. The molecule has 1 unspecified atom stereocenters. The quantitative estimate of drug-likeness (QED) is 0.853. The Morgan fingerprint density at radius 2 is 2.16 bits per heavy atom. The Kier molecular flexibility index (Phi) is 4.22. The van der Waals surface area contributed by atoms with Gasteiger partial charge in [0.15, 0.2) is 0 Å². The van der Waals surface area contributed by atoms with Gasteiger partial charge in [-0.1, -0.05) is 25.1 Å². The summed E-state index contributed by atoms with van der Waals surface area (Å²) in [6, 6.07) is 8.31. The van der Waals surface area contributed by atoms with E-state index in [-0.39, 0.29) is 11.8 Å². The minimum atomic E-state index is -0.118. The monoisotopic (exact) mass is 259 g/mol. The zero-order valence-corrected chi connectivity index (χ0v) is 11.5. The van der Waals surface area contributed by atoms with Crippen LogP contribution < -0.4 is 11.1 Å². The average molecular weight is 259 g/mol. The molecule has 19 heavy (non-hydrogen) atoms. The van der Waals surface area contributed by atoms with Crippen molar-refractivity contribution < 1.29 is 4.79 Å². The first-order chi connectivity index (χ1) is 9.13. The molecule has 3 N–H and O–H groups in total. The van der Waals surface area contributed by atoms with E-state index >= 15 is 0 Å². The number of nitrogens with zero attached hydrogens (tertiary/aromatic N) is 1. The SMILES string of the molecule is CC(CN)C(=O)NCCc1cn(C)c2ccccc12. The van der Waals surface area contributed by atoms with E-state index in [1.165, 1.54) is 16.5 Å². The number of fused-ring (bicyclic) bond motifs is 1. The van der Waals surface area contributed by atoms with Gasteiger partial charge in [0.2, 0.25) is 5.91 Å². The number of rotatable bonds is 5. The molecular weight excluding hydrogens is 238 g/mol. The van der Waals surface area contributed by atoms with E-state index in [2.05, 4.69) is 28.2 Å². The molecule has 0 saturated heterocycles. The first-order valence-electron chi connectivity index (χ1n) is 6.64. The Bertz CT molecular complexity index is 574. The summed E-state index contributed by atoms with van der Waals surface area (Å²) in [5.41, 5.74) is 7.95. The van der Waals surface area contributed by atoms with Gasteiger partial charge in [-0.2, -0.15) is 0 Å². The van der Waals surface area contributed by atoms with Crippen LogP contribution in [0.2, 0.25) is 0 Å². The Morgan fingerprint density at radius 3 is 2.89 bits per heavy atom. The van der Waals surface area contributed by atoms with Crippen LogP contribution in [-0.4, -0.2) is 23.6 Å². The summed E-state index contributed by atoms with van der Waals surface area (Å²) < 4.78 is 2.12. The van der Waals surface area contributed by atoms with Gasteiger partial charge in [0.1, 0.15) is 0 Å². The van der Waals surface area contributed by atoms with Crippen LogP contribution in [0, 0.1) is 5.92 Å². The number of hydrogen-bond acceptors (Lipinski definition) is 2. The maximum atomic E-state index is 11.6. The van der Waals surface area contributed by atoms with Crippen LogP contribution in [0.4, 0.5) is 0 Å². The second-order valence-electron chi connectivity index (χ2n) is 4.96. The minimum Gasteiger partial charge on any atom is -0.355 e. The Hall–Kier alpha value is -1.81. The third-order valence-electron chi connectivity index (χ3n) is 3.47. The molecule has 1 atom stereocenters. The molecule has 0 aliphatic heterocycles. The van der Waals surface area contributed by atoms with E-state index in [0.29, 0.717) is 13.1 Å². The van der Waals surface area contributed by atoms with Gasteiger partial charge >= 0.3 is 0 Å². The maximum absolute atomic E-state index is 11.6. The molecule has 0 saturated carbocycles. The summed E-state index contributed by atoms with van der Waals surface area (Å²) in [6.45, 7) is 2.88. The highest BCUT2D eigenvalue weighted by Gasteiger charge is 2.10. The van der Waals surface area contributed by atoms with Crippen molar-refractivity contribution in [2.45, 2.75) is 13.3 Å². The highest BCUT2D eigenvalue weighted by atomic mass is 16.1. The molecule has 1 heterocycles. The van der Waals surface area contributed by atoms with Crippen LogP contribution in [-0.2, 0) is 18.3 Å². The van der Waals surface area contributed by atoms with Gasteiger partial charge in [0, 0.05) is 43.2 Å². The predicted molar refractivity (Wildman–Crippen MR) is 77.9 cm³/mol. The number of carbonyl (C=O) groups excluding carboxylic acids is 1. The van der Waals surface area contributed by atoms with Crippen LogP contribution in [0.15, 0.2) is 30.5 Å². The highest BCUT2D eigenvalue weighted by Crippen LogP contribution is 2.20. The van der Waals surface area contributed by atoms with Crippen LogP contribution in [0.1, 0.15) is 12.5 Å². The lowest BCUT2D eigenvalue weighted by Gasteiger charge is -2.09. The van der Waals surface area contributed by atoms with E-state index in [9.17, 15) is 4.79 Å². The van der Waals surface area contributed by atoms with Gasteiger partial charge in [0.25, 0.3) is 0 Å². The fraction of sp³-hybridized carbons (Fsp3) is 0.400. The number of nitrogens with one attached hydrogen (secondary N) is 1. The molecule has 0 fully saturated rings. The first kappa shape index (κ1) is 13.6. The van der Waals surface area contributed by atoms with Gasteiger partial charge in [-0.3, -0.25) is 4.79 Å². The Labute approximate surface area is 113 Å². The predicted octanol–water partition coefficient (Wildman–Crippen LogP) is 1.43. The smallest absolute Gasteiger partial charge is 0.224 e. The number of amides is 1. The van der Waals surface area contributed by atoms with Crippen LogP contribution >= 0.6 is 0 Å². The third-order valence-corrected chi connectivity index (χ3v) is 3.47. The minimum absolute atomic E-state index is 0.0303. The molecule has 2 rings (SSSR count). The summed E-state index contributed by atoms with van der Waals surface area (Å²) in [6.07, 6.45) is 2.97. The van der Waals surface area contributed by atoms with Crippen molar-refractivity contribution in [3.63, 3.8) is 0 Å². The fourth-order valence-electron chi connectivity index (χ4n) is 2.23. The Morgan fingerprint density at radius 1 is 1.42 bits per heavy atom. The van der Waals surface area contributed by atoms with Crippen LogP contribution in [0.3, 0.4) is 0 Å². The van der Waals surface area contributed by atoms with E-state index in [1.54, 1.807) is 0 Å². The standard InChI is InChI=1S/C15H21N3O/c1-11(9-16)15(19)17-8-7-12-10-18(2)14-6-4-3-5-13(12)14/h3-6,10-11H,7-9,16H2,1-2H3,(H,17,19). The highest BCUT2D eigenvalue weighted by molar-refractivity contribution is 5.84. The number of aryl methyl sites for hydroxylation is 1. The molecule has 102 valence electrons. The van der Waals surface area contributed by atoms with Gasteiger partial charge in [-0.15, -0.1) is 0 Å². The van der Waals surface area contributed by atoms with Crippen molar-refractivity contribution in [3.8, 4) is 0 Å². The second kappa shape index (κ2) is 5.89. The maximum Gasteiger partial charge on any atom is 0.224 e. The zero-order chi connectivity index (χ0) is 13.8. The topological polar surface area (TPSA) is 60.1 Å². The van der Waals surface area contributed by atoms with Crippen LogP contribution in [0.5, 0.6) is 0 Å². The normalized spacial score (nSPS) is 12.6. The van der Waals surface area contributed by atoms with Gasteiger partial charge in [-0.25, -0.2) is 0 Å².